The Bertz CT molecular complexity index is 620. The van der Waals surface area contributed by atoms with Gasteiger partial charge in [0.05, 0.1) is 0 Å². The average Bonchev–Trinajstić information content (AvgIpc) is 2.80. The van der Waals surface area contributed by atoms with Crippen molar-refractivity contribution in [3.8, 4) is 0 Å². The van der Waals surface area contributed by atoms with Crippen molar-refractivity contribution in [2.24, 2.45) is 0 Å². The van der Waals surface area contributed by atoms with E-state index in [1.165, 1.54) is 0 Å². The first-order valence-corrected chi connectivity index (χ1v) is 7.96. The molecule has 1 amide bonds. The lowest BCUT2D eigenvalue weighted by molar-refractivity contribution is 0.0940. The molecule has 0 unspecified atom stereocenters. The van der Waals surface area contributed by atoms with Crippen LogP contribution in [-0.4, -0.2) is 10.5 Å². The van der Waals surface area contributed by atoms with Gasteiger partial charge in [-0.15, -0.1) is 0 Å². The SMILES string of the molecule is CC(C)n1cc(Br)cc1C(=O)NCc1ccccc1Br. The van der Waals surface area contributed by atoms with Gasteiger partial charge in [-0.2, -0.15) is 0 Å². The molecule has 1 heterocycles. The molecular formula is C15H16Br2N2O. The van der Waals surface area contributed by atoms with Gasteiger partial charge in [0.2, 0.25) is 0 Å². The minimum Gasteiger partial charge on any atom is -0.347 e. The highest BCUT2D eigenvalue weighted by Crippen LogP contribution is 2.20. The lowest BCUT2D eigenvalue weighted by Crippen LogP contribution is -2.26. The summed E-state index contributed by atoms with van der Waals surface area (Å²) in [6.07, 6.45) is 1.93. The lowest BCUT2D eigenvalue weighted by atomic mass is 10.2. The first-order valence-electron chi connectivity index (χ1n) is 6.38. The Morgan fingerprint density at radius 3 is 2.65 bits per heavy atom. The van der Waals surface area contributed by atoms with Gasteiger partial charge < -0.3 is 9.88 Å². The molecule has 1 aromatic heterocycles. The summed E-state index contributed by atoms with van der Waals surface area (Å²) in [4.78, 5) is 12.3. The van der Waals surface area contributed by atoms with Gasteiger partial charge in [-0.25, -0.2) is 0 Å². The van der Waals surface area contributed by atoms with E-state index in [1.54, 1.807) is 0 Å². The van der Waals surface area contributed by atoms with Gasteiger partial charge in [-0.05, 0) is 47.5 Å². The zero-order valence-electron chi connectivity index (χ0n) is 11.4. The van der Waals surface area contributed by atoms with Crippen LogP contribution in [0.3, 0.4) is 0 Å². The Kier molecular flexibility index (Phi) is 5.05. The summed E-state index contributed by atoms with van der Waals surface area (Å²) in [5, 5.41) is 2.95. The topological polar surface area (TPSA) is 34.0 Å². The number of nitrogens with zero attached hydrogens (tertiary/aromatic N) is 1. The van der Waals surface area contributed by atoms with Crippen molar-refractivity contribution < 1.29 is 4.79 Å². The van der Waals surface area contributed by atoms with Crippen LogP contribution in [0.25, 0.3) is 0 Å². The Hall–Kier alpha value is -1.07. The molecule has 2 aromatic rings. The molecule has 106 valence electrons. The molecule has 1 N–H and O–H groups in total. The van der Waals surface area contributed by atoms with Crippen LogP contribution in [0.1, 0.15) is 35.9 Å². The summed E-state index contributed by atoms with van der Waals surface area (Å²) in [5.74, 6) is -0.0693. The fourth-order valence-electron chi connectivity index (χ4n) is 1.96. The maximum atomic E-state index is 12.3. The molecule has 3 nitrogen and oxygen atoms in total. The van der Waals surface area contributed by atoms with Gasteiger partial charge in [0.15, 0.2) is 0 Å². The second kappa shape index (κ2) is 6.59. The molecule has 0 spiro atoms. The van der Waals surface area contributed by atoms with Crippen LogP contribution >= 0.6 is 31.9 Å². The summed E-state index contributed by atoms with van der Waals surface area (Å²) >= 11 is 6.90. The van der Waals surface area contributed by atoms with E-state index in [-0.39, 0.29) is 11.9 Å². The van der Waals surface area contributed by atoms with E-state index < -0.39 is 0 Å². The number of nitrogens with one attached hydrogen (secondary N) is 1. The van der Waals surface area contributed by atoms with E-state index in [4.69, 9.17) is 0 Å². The molecule has 0 saturated heterocycles. The van der Waals surface area contributed by atoms with Crippen LogP contribution in [0.2, 0.25) is 0 Å². The summed E-state index contributed by atoms with van der Waals surface area (Å²) in [6.45, 7) is 4.61. The number of benzene rings is 1. The van der Waals surface area contributed by atoms with Crippen molar-refractivity contribution in [3.05, 3.63) is 56.7 Å². The van der Waals surface area contributed by atoms with Crippen molar-refractivity contribution in [1.29, 1.82) is 0 Å². The Labute approximate surface area is 135 Å². The number of carbonyl (C=O) groups is 1. The van der Waals surface area contributed by atoms with E-state index in [1.807, 2.05) is 41.1 Å². The summed E-state index contributed by atoms with van der Waals surface area (Å²) < 4.78 is 3.87. The molecule has 0 aliphatic carbocycles. The Morgan fingerprint density at radius 2 is 2.00 bits per heavy atom. The molecule has 0 bridgehead atoms. The Balaban J connectivity index is 2.11. The van der Waals surface area contributed by atoms with Crippen molar-refractivity contribution in [2.45, 2.75) is 26.4 Å². The molecule has 20 heavy (non-hydrogen) atoms. The predicted octanol–water partition coefficient (Wildman–Crippen LogP) is 4.52. The molecule has 0 aliphatic heterocycles. The van der Waals surface area contributed by atoms with Crippen LogP contribution in [0.5, 0.6) is 0 Å². The summed E-state index contributed by atoms with van der Waals surface area (Å²) in [7, 11) is 0. The van der Waals surface area contributed by atoms with Crippen molar-refractivity contribution >= 4 is 37.8 Å². The van der Waals surface area contributed by atoms with Gasteiger partial charge in [0.25, 0.3) is 5.91 Å². The predicted molar refractivity (Wildman–Crippen MR) is 87.8 cm³/mol. The highest BCUT2D eigenvalue weighted by atomic mass is 79.9. The van der Waals surface area contributed by atoms with Gasteiger partial charge >= 0.3 is 0 Å². The lowest BCUT2D eigenvalue weighted by Gasteiger charge is -2.13. The summed E-state index contributed by atoms with van der Waals surface area (Å²) in [5.41, 5.74) is 1.72. The van der Waals surface area contributed by atoms with E-state index in [0.717, 1.165) is 14.5 Å². The van der Waals surface area contributed by atoms with Crippen LogP contribution in [0, 0.1) is 0 Å². The average molecular weight is 400 g/mol. The van der Waals surface area contributed by atoms with Crippen LogP contribution in [0.15, 0.2) is 45.5 Å². The highest BCUT2D eigenvalue weighted by molar-refractivity contribution is 9.10. The van der Waals surface area contributed by atoms with Gasteiger partial charge in [0.1, 0.15) is 5.69 Å². The largest absolute Gasteiger partial charge is 0.347 e. The van der Waals surface area contributed by atoms with Crippen LogP contribution < -0.4 is 5.32 Å². The molecule has 0 radical (unpaired) electrons. The monoisotopic (exact) mass is 398 g/mol. The quantitative estimate of drug-likeness (QED) is 0.805. The number of amides is 1. The van der Waals surface area contributed by atoms with E-state index in [0.29, 0.717) is 12.2 Å². The molecule has 5 heteroatoms. The molecule has 0 aliphatic rings. The second-order valence-electron chi connectivity index (χ2n) is 4.82. The van der Waals surface area contributed by atoms with E-state index in [2.05, 4.69) is 51.0 Å². The second-order valence-corrected chi connectivity index (χ2v) is 6.59. The van der Waals surface area contributed by atoms with Crippen molar-refractivity contribution in [2.75, 3.05) is 0 Å². The third kappa shape index (κ3) is 3.52. The minimum atomic E-state index is -0.0693. The number of halogens is 2. The number of hydrogen-bond acceptors (Lipinski definition) is 1. The fraction of sp³-hybridized carbons (Fsp3) is 0.267. The standard InChI is InChI=1S/C15H16Br2N2O/c1-10(2)19-9-12(16)7-14(19)15(20)18-8-11-5-3-4-6-13(11)17/h3-7,9-10H,8H2,1-2H3,(H,18,20). The number of rotatable bonds is 4. The number of hydrogen-bond donors (Lipinski definition) is 1. The third-order valence-corrected chi connectivity index (χ3v) is 4.21. The molecular weight excluding hydrogens is 384 g/mol. The van der Waals surface area contributed by atoms with Gasteiger partial charge in [-0.3, -0.25) is 4.79 Å². The van der Waals surface area contributed by atoms with Crippen molar-refractivity contribution in [1.82, 2.24) is 9.88 Å². The molecule has 0 atom stereocenters. The first kappa shape index (κ1) is 15.3. The molecule has 2 rings (SSSR count). The smallest absolute Gasteiger partial charge is 0.268 e. The van der Waals surface area contributed by atoms with Gasteiger partial charge in [0, 0.05) is 27.7 Å². The molecule has 0 fully saturated rings. The maximum absolute atomic E-state index is 12.3. The zero-order chi connectivity index (χ0) is 14.7. The zero-order valence-corrected chi connectivity index (χ0v) is 14.5. The van der Waals surface area contributed by atoms with Crippen molar-refractivity contribution in [3.63, 3.8) is 0 Å². The summed E-state index contributed by atoms with van der Waals surface area (Å²) in [6, 6.07) is 9.95. The number of carbonyl (C=O) groups excluding carboxylic acids is 1. The normalized spacial score (nSPS) is 10.8. The minimum absolute atomic E-state index is 0.0693. The van der Waals surface area contributed by atoms with Crippen LogP contribution in [-0.2, 0) is 6.54 Å². The molecule has 0 saturated carbocycles. The van der Waals surface area contributed by atoms with E-state index in [9.17, 15) is 4.79 Å². The van der Waals surface area contributed by atoms with E-state index >= 15 is 0 Å². The fourth-order valence-corrected chi connectivity index (χ4v) is 2.83. The Morgan fingerprint density at radius 1 is 1.30 bits per heavy atom. The maximum Gasteiger partial charge on any atom is 0.268 e. The first-order chi connectivity index (χ1) is 9.49. The molecule has 1 aromatic carbocycles. The number of aromatic nitrogens is 1. The van der Waals surface area contributed by atoms with Gasteiger partial charge in [-0.1, -0.05) is 34.1 Å². The third-order valence-electron chi connectivity index (χ3n) is 3.00. The highest BCUT2D eigenvalue weighted by Gasteiger charge is 2.14. The van der Waals surface area contributed by atoms with Crippen LogP contribution in [0.4, 0.5) is 0 Å².